The predicted molar refractivity (Wildman–Crippen MR) is 134 cm³/mol. The van der Waals surface area contributed by atoms with Crippen molar-refractivity contribution < 1.29 is 22.4 Å². The second kappa shape index (κ2) is 9.31. The highest BCUT2D eigenvalue weighted by molar-refractivity contribution is 6.07. The number of amides is 1. The van der Waals surface area contributed by atoms with Crippen molar-refractivity contribution in [3.05, 3.63) is 108 Å². The highest BCUT2D eigenvalue weighted by Gasteiger charge is 2.36. The summed E-state index contributed by atoms with van der Waals surface area (Å²) in [5, 5.41) is 12.0. The molecule has 6 rings (SSSR count). The van der Waals surface area contributed by atoms with Gasteiger partial charge in [0.2, 0.25) is 5.95 Å². The Balaban J connectivity index is 1.37. The molecule has 0 saturated carbocycles. The van der Waals surface area contributed by atoms with E-state index in [9.17, 15) is 22.4 Å². The van der Waals surface area contributed by atoms with Crippen molar-refractivity contribution in [2.45, 2.75) is 12.7 Å². The minimum Gasteiger partial charge on any atom is -0.289 e. The fraction of sp³-hybridized carbons (Fsp3) is 0.0741. The number of anilines is 1. The van der Waals surface area contributed by atoms with Crippen LogP contribution in [0.2, 0.25) is 0 Å². The molecule has 0 atom stereocenters. The molecule has 0 unspecified atom stereocenters. The quantitative estimate of drug-likeness (QED) is 0.293. The lowest BCUT2D eigenvalue weighted by molar-refractivity contribution is -0.142. The standard InChI is InChI=1S/C27H17F4N7O/c28-18-8-3-5-16(11-18)14-37-15-32-26(36-37)35-25(39)21-13-33-38-23(27(29,30)31)12-22(34-24(21)38)20-10-4-7-17-6-1-2-9-19(17)20/h1-13,15H,14H2,(H,35,36,39). The van der Waals surface area contributed by atoms with Gasteiger partial charge in [0.1, 0.15) is 17.7 Å². The number of carbonyl (C=O) groups is 1. The van der Waals surface area contributed by atoms with Crippen LogP contribution in [-0.2, 0) is 12.7 Å². The molecule has 12 heteroatoms. The Labute approximate surface area is 217 Å². The Bertz CT molecular complexity index is 1850. The zero-order valence-corrected chi connectivity index (χ0v) is 19.9. The molecule has 0 saturated heterocycles. The molecule has 0 aliphatic rings. The number of fused-ring (bicyclic) bond motifs is 2. The predicted octanol–water partition coefficient (Wildman–Crippen LogP) is 5.60. The summed E-state index contributed by atoms with van der Waals surface area (Å²) in [5.74, 6) is -1.27. The molecule has 194 valence electrons. The number of nitrogens with zero attached hydrogens (tertiary/aromatic N) is 6. The summed E-state index contributed by atoms with van der Waals surface area (Å²) in [7, 11) is 0. The lowest BCUT2D eigenvalue weighted by Crippen LogP contribution is -2.16. The van der Waals surface area contributed by atoms with Gasteiger partial charge in [-0.1, -0.05) is 54.6 Å². The first-order valence-corrected chi connectivity index (χ1v) is 11.7. The van der Waals surface area contributed by atoms with Gasteiger partial charge in [-0.3, -0.25) is 10.1 Å². The zero-order valence-electron chi connectivity index (χ0n) is 19.9. The third-order valence-corrected chi connectivity index (χ3v) is 6.07. The first-order valence-electron chi connectivity index (χ1n) is 11.7. The first kappa shape index (κ1) is 24.2. The molecule has 1 amide bonds. The van der Waals surface area contributed by atoms with Crippen LogP contribution in [0, 0.1) is 5.82 Å². The number of carbonyl (C=O) groups excluding carboxylic acids is 1. The van der Waals surface area contributed by atoms with Gasteiger partial charge in [0.15, 0.2) is 11.3 Å². The molecule has 1 N–H and O–H groups in total. The summed E-state index contributed by atoms with van der Waals surface area (Å²) < 4.78 is 57.6. The van der Waals surface area contributed by atoms with E-state index in [0.717, 1.165) is 17.6 Å². The first-order chi connectivity index (χ1) is 18.8. The van der Waals surface area contributed by atoms with E-state index in [0.29, 0.717) is 21.0 Å². The Kier molecular flexibility index (Phi) is 5.78. The van der Waals surface area contributed by atoms with E-state index < -0.39 is 23.6 Å². The summed E-state index contributed by atoms with van der Waals surface area (Å²) in [4.78, 5) is 21.5. The molecule has 0 radical (unpaired) electrons. The molecular formula is C27H17F4N7O. The van der Waals surface area contributed by atoms with Gasteiger partial charge in [-0.25, -0.2) is 23.6 Å². The van der Waals surface area contributed by atoms with Crippen LogP contribution in [0.4, 0.5) is 23.5 Å². The minimum atomic E-state index is -4.77. The van der Waals surface area contributed by atoms with E-state index >= 15 is 0 Å². The number of aromatic nitrogens is 6. The Morgan fingerprint density at radius 2 is 1.77 bits per heavy atom. The highest BCUT2D eigenvalue weighted by Crippen LogP contribution is 2.35. The topological polar surface area (TPSA) is 90.0 Å². The number of benzene rings is 3. The van der Waals surface area contributed by atoms with Crippen molar-refractivity contribution >= 4 is 28.3 Å². The van der Waals surface area contributed by atoms with Gasteiger partial charge in [-0.05, 0) is 34.5 Å². The number of hydrogen-bond acceptors (Lipinski definition) is 5. The van der Waals surface area contributed by atoms with Crippen molar-refractivity contribution in [2.75, 3.05) is 5.32 Å². The van der Waals surface area contributed by atoms with Crippen LogP contribution in [-0.4, -0.2) is 35.3 Å². The molecule has 0 aliphatic carbocycles. The molecule has 3 aromatic heterocycles. The van der Waals surface area contributed by atoms with Gasteiger partial charge >= 0.3 is 6.18 Å². The Hall–Kier alpha value is -5.13. The van der Waals surface area contributed by atoms with Crippen molar-refractivity contribution in [1.82, 2.24) is 29.4 Å². The van der Waals surface area contributed by atoms with Gasteiger partial charge in [-0.15, -0.1) is 5.10 Å². The maximum absolute atomic E-state index is 14.1. The van der Waals surface area contributed by atoms with Crippen LogP contribution in [0.3, 0.4) is 0 Å². The molecule has 6 aromatic rings. The number of rotatable bonds is 5. The van der Waals surface area contributed by atoms with Crippen LogP contribution in [0.25, 0.3) is 27.7 Å². The normalized spacial score (nSPS) is 11.8. The second-order valence-corrected chi connectivity index (χ2v) is 8.69. The van der Waals surface area contributed by atoms with Crippen LogP contribution >= 0.6 is 0 Å². The maximum Gasteiger partial charge on any atom is 0.433 e. The second-order valence-electron chi connectivity index (χ2n) is 8.69. The smallest absolute Gasteiger partial charge is 0.289 e. The summed E-state index contributed by atoms with van der Waals surface area (Å²) in [5.41, 5.74) is -0.393. The molecule has 3 aromatic carbocycles. The third kappa shape index (κ3) is 4.67. The van der Waals surface area contributed by atoms with E-state index in [1.54, 1.807) is 36.4 Å². The molecule has 0 aliphatic heterocycles. The average Bonchev–Trinajstić information content (AvgIpc) is 3.54. The number of alkyl halides is 3. The van der Waals surface area contributed by atoms with Crippen molar-refractivity contribution in [3.8, 4) is 11.3 Å². The number of hydrogen-bond donors (Lipinski definition) is 1. The maximum atomic E-state index is 14.1. The van der Waals surface area contributed by atoms with Crippen LogP contribution in [0.15, 0.2) is 85.3 Å². The molecule has 0 fully saturated rings. The Morgan fingerprint density at radius 1 is 0.974 bits per heavy atom. The third-order valence-electron chi connectivity index (χ3n) is 6.07. The number of nitrogens with one attached hydrogen (secondary N) is 1. The van der Waals surface area contributed by atoms with E-state index in [4.69, 9.17) is 0 Å². The van der Waals surface area contributed by atoms with Crippen LogP contribution in [0.1, 0.15) is 21.6 Å². The molecule has 3 heterocycles. The van der Waals surface area contributed by atoms with E-state index in [1.807, 2.05) is 18.2 Å². The van der Waals surface area contributed by atoms with Crippen LogP contribution in [0.5, 0.6) is 0 Å². The van der Waals surface area contributed by atoms with E-state index in [1.165, 1.54) is 23.1 Å². The average molecular weight is 531 g/mol. The fourth-order valence-corrected chi connectivity index (χ4v) is 4.33. The minimum absolute atomic E-state index is 0.0404. The Morgan fingerprint density at radius 3 is 2.59 bits per heavy atom. The summed E-state index contributed by atoms with van der Waals surface area (Å²) in [6.45, 7) is 0.197. The lowest BCUT2D eigenvalue weighted by atomic mass is 10.0. The van der Waals surface area contributed by atoms with Crippen molar-refractivity contribution in [1.29, 1.82) is 0 Å². The van der Waals surface area contributed by atoms with Gasteiger partial charge in [0.05, 0.1) is 18.4 Å². The monoisotopic (exact) mass is 531 g/mol. The molecule has 8 nitrogen and oxygen atoms in total. The van der Waals surface area contributed by atoms with Crippen molar-refractivity contribution in [2.24, 2.45) is 0 Å². The van der Waals surface area contributed by atoms with Gasteiger partial charge < -0.3 is 0 Å². The largest absolute Gasteiger partial charge is 0.433 e. The molecule has 0 spiro atoms. The van der Waals surface area contributed by atoms with Gasteiger partial charge in [0.25, 0.3) is 5.91 Å². The van der Waals surface area contributed by atoms with Gasteiger partial charge in [0, 0.05) is 5.56 Å². The SMILES string of the molecule is O=C(Nc1ncn(Cc2cccc(F)c2)n1)c1cnn2c(C(F)(F)F)cc(-c3cccc4ccccc34)nc12. The fourth-order valence-electron chi connectivity index (χ4n) is 4.33. The molecule has 0 bridgehead atoms. The highest BCUT2D eigenvalue weighted by atomic mass is 19.4. The number of halogens is 4. The van der Waals surface area contributed by atoms with E-state index in [-0.39, 0.29) is 29.4 Å². The summed E-state index contributed by atoms with van der Waals surface area (Å²) in [6, 6.07) is 19.3. The molecular weight excluding hydrogens is 514 g/mol. The summed E-state index contributed by atoms with van der Waals surface area (Å²) in [6.07, 6.45) is -2.41. The van der Waals surface area contributed by atoms with Crippen molar-refractivity contribution in [3.63, 3.8) is 0 Å². The van der Waals surface area contributed by atoms with Crippen LogP contribution < -0.4 is 5.32 Å². The van der Waals surface area contributed by atoms with Gasteiger partial charge in [-0.2, -0.15) is 18.3 Å². The van der Waals surface area contributed by atoms with E-state index in [2.05, 4.69) is 25.5 Å². The summed E-state index contributed by atoms with van der Waals surface area (Å²) >= 11 is 0. The lowest BCUT2D eigenvalue weighted by Gasteiger charge is -2.13. The zero-order chi connectivity index (χ0) is 27.1. The molecule has 39 heavy (non-hydrogen) atoms.